The second-order valence-electron chi connectivity index (χ2n) is 2.35. The van der Waals surface area contributed by atoms with Gasteiger partial charge in [0.15, 0.2) is 0 Å². The predicted molar refractivity (Wildman–Crippen MR) is 35.8 cm³/mol. The van der Waals surface area contributed by atoms with Crippen molar-refractivity contribution in [1.82, 2.24) is 0 Å². The molecule has 4 nitrogen and oxygen atoms in total. The minimum absolute atomic E-state index is 0.0176. The van der Waals surface area contributed by atoms with Crippen molar-refractivity contribution in [3.05, 3.63) is 12.2 Å². The van der Waals surface area contributed by atoms with Gasteiger partial charge in [-0.3, -0.25) is 4.79 Å². The molecular formula is C7H8O4. The maximum Gasteiger partial charge on any atom is 0.330 e. The summed E-state index contributed by atoms with van der Waals surface area (Å²) in [7, 11) is 0. The van der Waals surface area contributed by atoms with Crippen molar-refractivity contribution < 1.29 is 19.4 Å². The summed E-state index contributed by atoms with van der Waals surface area (Å²) in [5.74, 6) is -1.44. The van der Waals surface area contributed by atoms with Crippen LogP contribution in [0.1, 0.15) is 6.42 Å². The van der Waals surface area contributed by atoms with E-state index in [1.165, 1.54) is 6.08 Å². The summed E-state index contributed by atoms with van der Waals surface area (Å²) in [6.07, 6.45) is 2.85. The van der Waals surface area contributed by atoms with Crippen molar-refractivity contribution in [2.75, 3.05) is 6.61 Å². The van der Waals surface area contributed by atoms with Crippen LogP contribution in [0.4, 0.5) is 0 Å². The fourth-order valence-electron chi connectivity index (χ4n) is 0.859. The molecule has 11 heavy (non-hydrogen) atoms. The first-order valence-electron chi connectivity index (χ1n) is 3.25. The zero-order valence-corrected chi connectivity index (χ0v) is 5.82. The van der Waals surface area contributed by atoms with E-state index in [-0.39, 0.29) is 18.9 Å². The van der Waals surface area contributed by atoms with Gasteiger partial charge in [0.05, 0.1) is 13.0 Å². The molecule has 0 saturated carbocycles. The minimum Gasteiger partial charge on any atom is -0.481 e. The first-order valence-corrected chi connectivity index (χ1v) is 3.25. The summed E-state index contributed by atoms with van der Waals surface area (Å²) in [4.78, 5) is 20.6. The van der Waals surface area contributed by atoms with E-state index in [0.29, 0.717) is 0 Å². The van der Waals surface area contributed by atoms with Crippen molar-refractivity contribution in [3.63, 3.8) is 0 Å². The van der Waals surface area contributed by atoms with E-state index < -0.39 is 11.9 Å². The van der Waals surface area contributed by atoms with Crippen LogP contribution >= 0.6 is 0 Å². The number of carbonyl (C=O) groups excluding carboxylic acids is 1. The van der Waals surface area contributed by atoms with Crippen molar-refractivity contribution in [3.8, 4) is 0 Å². The third-order valence-electron chi connectivity index (χ3n) is 1.38. The van der Waals surface area contributed by atoms with Crippen LogP contribution in [0.15, 0.2) is 12.2 Å². The van der Waals surface area contributed by atoms with Crippen LogP contribution in [0, 0.1) is 5.92 Å². The van der Waals surface area contributed by atoms with Gasteiger partial charge in [0, 0.05) is 12.0 Å². The fraction of sp³-hybridized carbons (Fsp3) is 0.429. The molecule has 0 fully saturated rings. The second-order valence-corrected chi connectivity index (χ2v) is 2.35. The lowest BCUT2D eigenvalue weighted by Gasteiger charge is -2.13. The van der Waals surface area contributed by atoms with Gasteiger partial charge in [-0.25, -0.2) is 4.79 Å². The molecule has 0 radical (unpaired) electrons. The Bertz CT molecular complexity index is 206. The van der Waals surface area contributed by atoms with E-state index in [1.807, 2.05) is 0 Å². The molecule has 0 aromatic heterocycles. The average Bonchev–Trinajstić information content (AvgIpc) is 1.93. The average molecular weight is 156 g/mol. The lowest BCUT2D eigenvalue weighted by atomic mass is 10.1. The molecular weight excluding hydrogens is 148 g/mol. The lowest BCUT2D eigenvalue weighted by molar-refractivity contribution is -0.143. The molecule has 0 aliphatic carbocycles. The Morgan fingerprint density at radius 1 is 1.82 bits per heavy atom. The van der Waals surface area contributed by atoms with Crippen LogP contribution in [0.25, 0.3) is 0 Å². The zero-order valence-electron chi connectivity index (χ0n) is 5.82. The molecule has 0 spiro atoms. The van der Waals surface area contributed by atoms with E-state index in [2.05, 4.69) is 4.74 Å². The predicted octanol–water partition coefficient (Wildman–Crippen LogP) is 0.190. The molecule has 4 heteroatoms. The van der Waals surface area contributed by atoms with Gasteiger partial charge in [0.2, 0.25) is 0 Å². The van der Waals surface area contributed by atoms with Crippen LogP contribution < -0.4 is 0 Å². The number of hydrogen-bond donors (Lipinski definition) is 1. The highest BCUT2D eigenvalue weighted by atomic mass is 16.5. The zero-order chi connectivity index (χ0) is 8.27. The molecule has 1 heterocycles. The van der Waals surface area contributed by atoms with Crippen molar-refractivity contribution in [2.24, 2.45) is 5.92 Å². The van der Waals surface area contributed by atoms with Gasteiger partial charge >= 0.3 is 11.9 Å². The molecule has 1 aliphatic heterocycles. The molecule has 0 amide bonds. The third kappa shape index (κ3) is 2.41. The number of carboxylic acids is 1. The summed E-state index contributed by atoms with van der Waals surface area (Å²) in [6, 6.07) is 0. The third-order valence-corrected chi connectivity index (χ3v) is 1.38. The van der Waals surface area contributed by atoms with E-state index >= 15 is 0 Å². The van der Waals surface area contributed by atoms with Gasteiger partial charge in [0.1, 0.15) is 0 Å². The van der Waals surface area contributed by atoms with Gasteiger partial charge in [-0.05, 0) is 0 Å². The number of aliphatic carboxylic acids is 1. The Morgan fingerprint density at radius 3 is 3.00 bits per heavy atom. The number of carbonyl (C=O) groups is 2. The van der Waals surface area contributed by atoms with Crippen LogP contribution in [-0.4, -0.2) is 23.7 Å². The van der Waals surface area contributed by atoms with Crippen LogP contribution in [0.2, 0.25) is 0 Å². The molecule has 0 aromatic carbocycles. The monoisotopic (exact) mass is 156 g/mol. The highest BCUT2D eigenvalue weighted by Crippen LogP contribution is 2.10. The van der Waals surface area contributed by atoms with Gasteiger partial charge in [-0.2, -0.15) is 0 Å². The van der Waals surface area contributed by atoms with Crippen LogP contribution in [-0.2, 0) is 14.3 Å². The van der Waals surface area contributed by atoms with E-state index in [4.69, 9.17) is 5.11 Å². The second kappa shape index (κ2) is 3.18. The van der Waals surface area contributed by atoms with Gasteiger partial charge in [-0.1, -0.05) is 6.08 Å². The van der Waals surface area contributed by atoms with Crippen LogP contribution in [0.5, 0.6) is 0 Å². The fourth-order valence-corrected chi connectivity index (χ4v) is 0.859. The van der Waals surface area contributed by atoms with Crippen molar-refractivity contribution >= 4 is 11.9 Å². The van der Waals surface area contributed by atoms with Crippen molar-refractivity contribution in [2.45, 2.75) is 6.42 Å². The molecule has 0 bridgehead atoms. The summed E-state index contributed by atoms with van der Waals surface area (Å²) < 4.78 is 4.60. The van der Waals surface area contributed by atoms with Gasteiger partial charge in [0.25, 0.3) is 0 Å². The number of rotatable bonds is 2. The number of hydrogen-bond acceptors (Lipinski definition) is 3. The van der Waals surface area contributed by atoms with Gasteiger partial charge in [-0.15, -0.1) is 0 Å². The summed E-state index contributed by atoms with van der Waals surface area (Å²) in [6.45, 7) is 0.182. The minimum atomic E-state index is -0.877. The molecule has 1 N–H and O–H groups in total. The standard InChI is InChI=1S/C7H8O4/c8-6(9)3-5-1-2-7(10)11-4-5/h1-2,5H,3-4H2,(H,8,9)/t5-/m0/s1. The number of esters is 1. The maximum atomic E-state index is 10.4. The highest BCUT2D eigenvalue weighted by Gasteiger charge is 2.16. The SMILES string of the molecule is O=C(O)C[C@@H]1C=CC(=O)OC1. The number of cyclic esters (lactones) is 1. The first kappa shape index (κ1) is 7.78. The molecule has 1 atom stereocenters. The number of carboxylic acid groups (broad SMARTS) is 1. The smallest absolute Gasteiger partial charge is 0.330 e. The molecule has 1 aliphatic rings. The van der Waals surface area contributed by atoms with Gasteiger partial charge < -0.3 is 9.84 Å². The Labute approximate surface area is 63.5 Å². The summed E-state index contributed by atoms with van der Waals surface area (Å²) >= 11 is 0. The normalized spacial score (nSPS) is 22.9. The highest BCUT2D eigenvalue weighted by molar-refractivity contribution is 5.83. The van der Waals surface area contributed by atoms with E-state index in [0.717, 1.165) is 0 Å². The maximum absolute atomic E-state index is 10.4. The molecule has 0 saturated heterocycles. The first-order chi connectivity index (χ1) is 5.18. The molecule has 60 valence electrons. The largest absolute Gasteiger partial charge is 0.481 e. The Morgan fingerprint density at radius 2 is 2.55 bits per heavy atom. The Kier molecular flexibility index (Phi) is 2.25. The van der Waals surface area contributed by atoms with Crippen molar-refractivity contribution in [1.29, 1.82) is 0 Å². The van der Waals surface area contributed by atoms with E-state index in [1.54, 1.807) is 6.08 Å². The Balaban J connectivity index is 2.44. The summed E-state index contributed by atoms with van der Waals surface area (Å²) in [5, 5.41) is 8.36. The topological polar surface area (TPSA) is 63.6 Å². The lowest BCUT2D eigenvalue weighted by Crippen LogP contribution is -2.18. The Hall–Kier alpha value is -1.32. The van der Waals surface area contributed by atoms with E-state index in [9.17, 15) is 9.59 Å². The van der Waals surface area contributed by atoms with Crippen LogP contribution in [0.3, 0.4) is 0 Å². The molecule has 1 rings (SSSR count). The number of ether oxygens (including phenoxy) is 1. The quantitative estimate of drug-likeness (QED) is 0.579. The molecule has 0 aromatic rings. The summed E-state index contributed by atoms with van der Waals surface area (Å²) in [5.41, 5.74) is 0. The molecule has 0 unspecified atom stereocenters.